The second kappa shape index (κ2) is 4.83. The largest absolute Gasteiger partial charge is 0.376 e. The normalized spacial score (nSPS) is 32.2. The van der Waals surface area contributed by atoms with Gasteiger partial charge in [-0.05, 0) is 36.3 Å². The number of carbonyl (C=O) groups is 1. The number of likely N-dealkylation sites (tertiary alicyclic amines) is 1. The van der Waals surface area contributed by atoms with Crippen LogP contribution in [0.25, 0.3) is 0 Å². The molecule has 4 nitrogen and oxygen atoms in total. The van der Waals surface area contributed by atoms with E-state index in [1.807, 2.05) is 11.0 Å². The molecule has 108 valence electrons. The van der Waals surface area contributed by atoms with E-state index in [4.69, 9.17) is 10.5 Å². The monoisotopic (exact) mass is 292 g/mol. The lowest BCUT2D eigenvalue weighted by molar-refractivity contribution is 0.0784. The molecule has 0 aromatic carbocycles. The number of ether oxygens (including phenoxy) is 1. The molecule has 1 aliphatic carbocycles. The Morgan fingerprint density at radius 3 is 3.10 bits per heavy atom. The molecule has 2 N–H and O–H groups in total. The van der Waals surface area contributed by atoms with Gasteiger partial charge in [0.15, 0.2) is 0 Å². The summed E-state index contributed by atoms with van der Waals surface area (Å²) in [5.41, 5.74) is 7.36. The minimum absolute atomic E-state index is 0.200. The van der Waals surface area contributed by atoms with Gasteiger partial charge in [-0.3, -0.25) is 4.79 Å². The van der Waals surface area contributed by atoms with Crippen molar-refractivity contribution in [3.05, 3.63) is 21.4 Å². The van der Waals surface area contributed by atoms with Crippen molar-refractivity contribution < 1.29 is 9.53 Å². The van der Waals surface area contributed by atoms with Crippen LogP contribution in [0.2, 0.25) is 0 Å². The average Bonchev–Trinajstić information content (AvgIpc) is 3.13. The number of amides is 1. The first-order chi connectivity index (χ1) is 9.72. The van der Waals surface area contributed by atoms with E-state index in [1.54, 1.807) is 11.3 Å². The zero-order valence-corrected chi connectivity index (χ0v) is 12.3. The van der Waals surface area contributed by atoms with E-state index in [0.717, 1.165) is 37.4 Å². The van der Waals surface area contributed by atoms with Gasteiger partial charge in [0, 0.05) is 30.4 Å². The summed E-state index contributed by atoms with van der Waals surface area (Å²) in [7, 11) is 0. The molecule has 1 aromatic heterocycles. The Morgan fingerprint density at radius 1 is 1.40 bits per heavy atom. The summed E-state index contributed by atoms with van der Waals surface area (Å²) in [6, 6.07) is 2.33. The molecular weight excluding hydrogens is 272 g/mol. The van der Waals surface area contributed by atoms with Crippen molar-refractivity contribution in [3.8, 4) is 0 Å². The summed E-state index contributed by atoms with van der Waals surface area (Å²) in [4.78, 5) is 16.9. The van der Waals surface area contributed by atoms with E-state index in [-0.39, 0.29) is 5.91 Å². The lowest BCUT2D eigenvalue weighted by atomic mass is 9.98. The molecule has 3 aliphatic rings. The van der Waals surface area contributed by atoms with Gasteiger partial charge in [0.05, 0.1) is 18.1 Å². The third-order valence-corrected chi connectivity index (χ3v) is 6.26. The Balaban J connectivity index is 1.52. The number of nitrogens with zero attached hydrogens (tertiary/aromatic N) is 1. The lowest BCUT2D eigenvalue weighted by Gasteiger charge is -2.17. The number of thiophene rings is 1. The molecule has 1 aromatic rings. The van der Waals surface area contributed by atoms with Crippen molar-refractivity contribution >= 4 is 17.2 Å². The molecule has 20 heavy (non-hydrogen) atoms. The third-order valence-electron chi connectivity index (χ3n) is 5.04. The first-order valence-corrected chi connectivity index (χ1v) is 8.28. The summed E-state index contributed by atoms with van der Waals surface area (Å²) >= 11 is 1.66. The maximum absolute atomic E-state index is 12.7. The van der Waals surface area contributed by atoms with Gasteiger partial charge in [0.2, 0.25) is 0 Å². The van der Waals surface area contributed by atoms with Gasteiger partial charge in [-0.1, -0.05) is 0 Å². The standard InChI is InChI=1S/C15H20N2O2S/c16-12-2-1-9-6-17(7-11(9)12)15(18)14-5-10-8-19-4-3-13(10)20-14/h5,9,11-12H,1-4,6-8,16H2. The molecule has 3 atom stereocenters. The number of nitrogens with two attached hydrogens (primary N) is 1. The van der Waals surface area contributed by atoms with Crippen LogP contribution in [-0.4, -0.2) is 36.5 Å². The van der Waals surface area contributed by atoms with Crippen molar-refractivity contribution in [2.75, 3.05) is 19.7 Å². The minimum atomic E-state index is 0.200. The minimum Gasteiger partial charge on any atom is -0.376 e. The van der Waals surface area contributed by atoms with Gasteiger partial charge in [0.1, 0.15) is 0 Å². The van der Waals surface area contributed by atoms with Crippen LogP contribution in [0.15, 0.2) is 6.07 Å². The van der Waals surface area contributed by atoms with E-state index in [1.165, 1.54) is 16.9 Å². The van der Waals surface area contributed by atoms with Crippen molar-refractivity contribution in [3.63, 3.8) is 0 Å². The lowest BCUT2D eigenvalue weighted by Crippen LogP contribution is -2.33. The van der Waals surface area contributed by atoms with Crippen molar-refractivity contribution in [1.29, 1.82) is 0 Å². The summed E-state index contributed by atoms with van der Waals surface area (Å²) in [6.45, 7) is 3.19. The number of rotatable bonds is 1. The predicted octanol–water partition coefficient (Wildman–Crippen LogP) is 1.63. The second-order valence-corrected chi connectivity index (χ2v) is 7.37. The van der Waals surface area contributed by atoms with Crippen LogP contribution in [0.4, 0.5) is 0 Å². The number of fused-ring (bicyclic) bond motifs is 2. The number of hydrogen-bond acceptors (Lipinski definition) is 4. The van der Waals surface area contributed by atoms with Crippen LogP contribution in [0.3, 0.4) is 0 Å². The van der Waals surface area contributed by atoms with Crippen molar-refractivity contribution in [2.45, 2.75) is 31.9 Å². The quantitative estimate of drug-likeness (QED) is 0.856. The molecule has 0 spiro atoms. The van der Waals surface area contributed by atoms with Gasteiger partial charge in [0.25, 0.3) is 5.91 Å². The highest BCUT2D eigenvalue weighted by atomic mass is 32.1. The molecule has 3 heterocycles. The second-order valence-electron chi connectivity index (χ2n) is 6.24. The highest BCUT2D eigenvalue weighted by Crippen LogP contribution is 2.38. The van der Waals surface area contributed by atoms with E-state index < -0.39 is 0 Å². The zero-order chi connectivity index (χ0) is 13.7. The van der Waals surface area contributed by atoms with Gasteiger partial charge in [-0.2, -0.15) is 0 Å². The number of carbonyl (C=O) groups excluding carboxylic acids is 1. The topological polar surface area (TPSA) is 55.6 Å². The van der Waals surface area contributed by atoms with Crippen molar-refractivity contribution in [1.82, 2.24) is 4.90 Å². The Bertz CT molecular complexity index is 518. The smallest absolute Gasteiger partial charge is 0.263 e. The highest BCUT2D eigenvalue weighted by molar-refractivity contribution is 7.14. The molecule has 2 fully saturated rings. The first-order valence-electron chi connectivity index (χ1n) is 7.46. The van der Waals surface area contributed by atoms with Crippen LogP contribution < -0.4 is 5.73 Å². The van der Waals surface area contributed by atoms with Gasteiger partial charge in [-0.15, -0.1) is 11.3 Å². The summed E-state index contributed by atoms with van der Waals surface area (Å²) in [5.74, 6) is 1.36. The van der Waals surface area contributed by atoms with E-state index in [9.17, 15) is 4.79 Å². The summed E-state index contributed by atoms with van der Waals surface area (Å²) < 4.78 is 5.45. The van der Waals surface area contributed by atoms with Crippen molar-refractivity contribution in [2.24, 2.45) is 17.6 Å². The summed E-state index contributed by atoms with van der Waals surface area (Å²) in [6.07, 6.45) is 3.26. The fraction of sp³-hybridized carbons (Fsp3) is 0.667. The molecule has 4 rings (SSSR count). The first kappa shape index (κ1) is 12.8. The highest BCUT2D eigenvalue weighted by Gasteiger charge is 2.42. The maximum atomic E-state index is 12.7. The molecular formula is C15H20N2O2S. The summed E-state index contributed by atoms with van der Waals surface area (Å²) in [5, 5.41) is 0. The maximum Gasteiger partial charge on any atom is 0.263 e. The molecule has 2 aliphatic heterocycles. The Morgan fingerprint density at radius 2 is 2.30 bits per heavy atom. The van der Waals surface area contributed by atoms with Crippen LogP contribution in [0.5, 0.6) is 0 Å². The molecule has 1 amide bonds. The molecule has 3 unspecified atom stereocenters. The Labute approximate surface area is 122 Å². The van der Waals surface area contributed by atoms with Crippen LogP contribution >= 0.6 is 11.3 Å². The van der Waals surface area contributed by atoms with E-state index >= 15 is 0 Å². The van der Waals surface area contributed by atoms with Gasteiger partial charge < -0.3 is 15.4 Å². The molecule has 0 radical (unpaired) electrons. The fourth-order valence-corrected chi connectivity index (χ4v) is 5.00. The SMILES string of the molecule is NC1CCC2CN(C(=O)c3cc4c(s3)CCOC4)CC12. The number of hydrogen-bond donors (Lipinski definition) is 1. The van der Waals surface area contributed by atoms with Crippen LogP contribution in [0, 0.1) is 11.8 Å². The van der Waals surface area contributed by atoms with Crippen LogP contribution in [0.1, 0.15) is 33.0 Å². The predicted molar refractivity (Wildman–Crippen MR) is 77.8 cm³/mol. The fourth-order valence-electron chi connectivity index (χ4n) is 3.88. The molecule has 0 bridgehead atoms. The molecule has 1 saturated heterocycles. The Hall–Kier alpha value is -0.910. The Kier molecular flexibility index (Phi) is 3.09. The van der Waals surface area contributed by atoms with Gasteiger partial charge in [-0.25, -0.2) is 0 Å². The van der Waals surface area contributed by atoms with E-state index in [2.05, 4.69) is 0 Å². The van der Waals surface area contributed by atoms with E-state index in [0.29, 0.717) is 24.5 Å². The third kappa shape index (κ3) is 2.00. The zero-order valence-electron chi connectivity index (χ0n) is 11.5. The average molecular weight is 292 g/mol. The van der Waals surface area contributed by atoms with Crippen LogP contribution in [-0.2, 0) is 17.8 Å². The molecule has 5 heteroatoms. The van der Waals surface area contributed by atoms with Gasteiger partial charge >= 0.3 is 0 Å². The molecule has 1 saturated carbocycles.